The molecule has 0 N–H and O–H groups in total. The standard InChI is InChI=1S/C12H11NS/c1-10-5-6-11(4-2-3-7-14)12(8-10)9-13/h5-6,8,14H,3,7H2,1H3. The van der Waals surface area contributed by atoms with Crippen LogP contribution in [0.3, 0.4) is 0 Å². The van der Waals surface area contributed by atoms with E-state index in [1.165, 1.54) is 0 Å². The van der Waals surface area contributed by atoms with Crippen molar-refractivity contribution in [3.8, 4) is 17.9 Å². The first-order valence-electron chi connectivity index (χ1n) is 4.38. The van der Waals surface area contributed by atoms with Gasteiger partial charge in [0.1, 0.15) is 6.07 Å². The SMILES string of the molecule is Cc1ccc(C#CCCS)c(C#N)c1. The number of benzene rings is 1. The maximum Gasteiger partial charge on any atom is 0.100 e. The molecule has 70 valence electrons. The number of aryl methyl sites for hydroxylation is 1. The Bertz CT molecular complexity index is 418. The van der Waals surface area contributed by atoms with Gasteiger partial charge >= 0.3 is 0 Å². The molecular formula is C12H11NS. The first-order chi connectivity index (χ1) is 6.77. The largest absolute Gasteiger partial charge is 0.192 e. The molecule has 0 amide bonds. The molecule has 0 radical (unpaired) electrons. The second-order valence-corrected chi connectivity index (χ2v) is 3.38. The Morgan fingerprint density at radius 2 is 2.14 bits per heavy atom. The van der Waals surface area contributed by atoms with Crippen LogP contribution < -0.4 is 0 Å². The van der Waals surface area contributed by atoms with Gasteiger partial charge in [0.2, 0.25) is 0 Å². The van der Waals surface area contributed by atoms with Crippen molar-refractivity contribution in [1.82, 2.24) is 0 Å². The Kier molecular flexibility index (Phi) is 4.11. The molecule has 0 atom stereocenters. The van der Waals surface area contributed by atoms with Crippen molar-refractivity contribution in [1.29, 1.82) is 5.26 Å². The number of hydrogen-bond acceptors (Lipinski definition) is 2. The highest BCUT2D eigenvalue weighted by molar-refractivity contribution is 7.80. The molecule has 0 heterocycles. The Morgan fingerprint density at radius 3 is 2.79 bits per heavy atom. The Hall–Kier alpha value is -1.38. The summed E-state index contributed by atoms with van der Waals surface area (Å²) in [5.41, 5.74) is 2.54. The lowest BCUT2D eigenvalue weighted by molar-refractivity contribution is 1.31. The third-order valence-corrected chi connectivity index (χ3v) is 1.98. The minimum atomic E-state index is 0.650. The zero-order chi connectivity index (χ0) is 10.4. The quantitative estimate of drug-likeness (QED) is 0.548. The summed E-state index contributed by atoms with van der Waals surface area (Å²) in [5, 5.41) is 8.87. The van der Waals surface area contributed by atoms with Gasteiger partial charge in [0, 0.05) is 17.7 Å². The van der Waals surface area contributed by atoms with E-state index < -0.39 is 0 Å². The molecule has 0 aromatic heterocycles. The van der Waals surface area contributed by atoms with Gasteiger partial charge in [0.15, 0.2) is 0 Å². The zero-order valence-corrected chi connectivity index (χ0v) is 8.94. The van der Waals surface area contributed by atoms with Crippen LogP contribution in [-0.2, 0) is 0 Å². The van der Waals surface area contributed by atoms with Crippen molar-refractivity contribution < 1.29 is 0 Å². The van der Waals surface area contributed by atoms with Gasteiger partial charge < -0.3 is 0 Å². The van der Waals surface area contributed by atoms with Crippen molar-refractivity contribution in [2.75, 3.05) is 5.75 Å². The number of nitrogens with zero attached hydrogens (tertiary/aromatic N) is 1. The second-order valence-electron chi connectivity index (χ2n) is 2.94. The maximum atomic E-state index is 8.87. The van der Waals surface area contributed by atoms with Gasteiger partial charge in [-0.3, -0.25) is 0 Å². The van der Waals surface area contributed by atoms with E-state index in [0.717, 1.165) is 23.3 Å². The molecule has 0 saturated heterocycles. The molecule has 2 heteroatoms. The third kappa shape index (κ3) is 2.83. The van der Waals surface area contributed by atoms with Gasteiger partial charge in [0.25, 0.3) is 0 Å². The van der Waals surface area contributed by atoms with E-state index in [9.17, 15) is 0 Å². The lowest BCUT2D eigenvalue weighted by Gasteiger charge is -1.96. The van der Waals surface area contributed by atoms with Gasteiger partial charge in [0.05, 0.1) is 5.56 Å². The van der Waals surface area contributed by atoms with Crippen molar-refractivity contribution in [3.63, 3.8) is 0 Å². The van der Waals surface area contributed by atoms with Crippen LogP contribution in [0.5, 0.6) is 0 Å². The van der Waals surface area contributed by atoms with Crippen LogP contribution >= 0.6 is 12.6 Å². The average Bonchev–Trinajstić information content (AvgIpc) is 2.20. The summed E-state index contributed by atoms with van der Waals surface area (Å²) >= 11 is 4.06. The highest BCUT2D eigenvalue weighted by Gasteiger charge is 1.97. The topological polar surface area (TPSA) is 23.8 Å². The summed E-state index contributed by atoms with van der Waals surface area (Å²) < 4.78 is 0. The minimum absolute atomic E-state index is 0.650. The van der Waals surface area contributed by atoms with E-state index in [1.807, 2.05) is 25.1 Å². The molecule has 0 aliphatic heterocycles. The van der Waals surface area contributed by atoms with Crippen LogP contribution in [0, 0.1) is 30.1 Å². The van der Waals surface area contributed by atoms with E-state index in [4.69, 9.17) is 5.26 Å². The van der Waals surface area contributed by atoms with Crippen molar-refractivity contribution in [2.45, 2.75) is 13.3 Å². The first-order valence-corrected chi connectivity index (χ1v) is 5.01. The third-order valence-electron chi connectivity index (χ3n) is 1.76. The summed E-state index contributed by atoms with van der Waals surface area (Å²) in [6, 6.07) is 7.85. The van der Waals surface area contributed by atoms with Crippen LogP contribution in [0.1, 0.15) is 23.1 Å². The highest BCUT2D eigenvalue weighted by atomic mass is 32.1. The summed E-state index contributed by atoms with van der Waals surface area (Å²) in [6.07, 6.45) is 0.752. The Morgan fingerprint density at radius 1 is 1.36 bits per heavy atom. The molecule has 14 heavy (non-hydrogen) atoms. The van der Waals surface area contributed by atoms with Crippen molar-refractivity contribution >= 4 is 12.6 Å². The number of thiol groups is 1. The van der Waals surface area contributed by atoms with Crippen LogP contribution in [-0.4, -0.2) is 5.75 Å². The molecule has 0 aliphatic carbocycles. The summed E-state index contributed by atoms with van der Waals surface area (Å²) in [4.78, 5) is 0. The molecule has 0 unspecified atom stereocenters. The fraction of sp³-hybridized carbons (Fsp3) is 0.250. The molecule has 1 rings (SSSR count). The monoisotopic (exact) mass is 201 g/mol. The molecule has 1 aromatic rings. The van der Waals surface area contributed by atoms with E-state index in [1.54, 1.807) is 0 Å². The summed E-state index contributed by atoms with van der Waals surface area (Å²) in [6.45, 7) is 1.96. The Balaban J connectivity index is 3.00. The van der Waals surface area contributed by atoms with Gasteiger partial charge in [-0.1, -0.05) is 17.9 Å². The maximum absolute atomic E-state index is 8.87. The lowest BCUT2D eigenvalue weighted by atomic mass is 10.1. The highest BCUT2D eigenvalue weighted by Crippen LogP contribution is 2.09. The van der Waals surface area contributed by atoms with Crippen molar-refractivity contribution in [2.24, 2.45) is 0 Å². The fourth-order valence-corrected chi connectivity index (χ4v) is 1.19. The summed E-state index contributed by atoms with van der Waals surface area (Å²) in [7, 11) is 0. The molecule has 0 fully saturated rings. The van der Waals surface area contributed by atoms with Crippen LogP contribution in [0.25, 0.3) is 0 Å². The van der Waals surface area contributed by atoms with Gasteiger partial charge in [-0.05, 0) is 24.6 Å². The van der Waals surface area contributed by atoms with Crippen LogP contribution in [0.2, 0.25) is 0 Å². The fourth-order valence-electron chi connectivity index (χ4n) is 1.07. The number of rotatable bonds is 1. The molecule has 0 spiro atoms. The predicted molar refractivity (Wildman–Crippen MR) is 61.2 cm³/mol. The molecule has 0 saturated carbocycles. The van der Waals surface area contributed by atoms with E-state index in [2.05, 4.69) is 30.5 Å². The van der Waals surface area contributed by atoms with E-state index in [-0.39, 0.29) is 0 Å². The number of hydrogen-bond donors (Lipinski definition) is 1. The second kappa shape index (κ2) is 5.37. The minimum Gasteiger partial charge on any atom is -0.192 e. The zero-order valence-electron chi connectivity index (χ0n) is 8.04. The molecule has 0 aliphatic rings. The molecule has 0 bridgehead atoms. The van der Waals surface area contributed by atoms with Gasteiger partial charge in [-0.2, -0.15) is 17.9 Å². The van der Waals surface area contributed by atoms with E-state index >= 15 is 0 Å². The van der Waals surface area contributed by atoms with Crippen LogP contribution in [0.15, 0.2) is 18.2 Å². The average molecular weight is 201 g/mol. The first kappa shape index (κ1) is 10.7. The number of nitriles is 1. The molecule has 1 aromatic carbocycles. The van der Waals surface area contributed by atoms with Gasteiger partial charge in [-0.15, -0.1) is 0 Å². The Labute approximate surface area is 90.2 Å². The van der Waals surface area contributed by atoms with E-state index in [0.29, 0.717) is 5.56 Å². The van der Waals surface area contributed by atoms with Crippen molar-refractivity contribution in [3.05, 3.63) is 34.9 Å². The van der Waals surface area contributed by atoms with Gasteiger partial charge in [-0.25, -0.2) is 0 Å². The molecule has 1 nitrogen and oxygen atoms in total. The van der Waals surface area contributed by atoms with Crippen LogP contribution in [0.4, 0.5) is 0 Å². The summed E-state index contributed by atoms with van der Waals surface area (Å²) in [5.74, 6) is 6.69. The smallest absolute Gasteiger partial charge is 0.100 e. The predicted octanol–water partition coefficient (Wildman–Crippen LogP) is 2.54. The lowest BCUT2D eigenvalue weighted by Crippen LogP contribution is -1.84. The molecular weight excluding hydrogens is 190 g/mol. The normalized spacial score (nSPS) is 8.64.